The third-order valence-corrected chi connectivity index (χ3v) is 4.54. The highest BCUT2D eigenvalue weighted by molar-refractivity contribution is 5.93. The van der Waals surface area contributed by atoms with Crippen LogP contribution in [-0.2, 0) is 0 Å². The van der Waals surface area contributed by atoms with Gasteiger partial charge in [-0.25, -0.2) is 4.98 Å². The van der Waals surface area contributed by atoms with E-state index in [0.29, 0.717) is 11.7 Å². The number of hydrogen-bond acceptors (Lipinski definition) is 3. The minimum atomic E-state index is 0.108. The Labute approximate surface area is 114 Å². The van der Waals surface area contributed by atoms with Crippen molar-refractivity contribution in [2.75, 3.05) is 18.9 Å². The summed E-state index contributed by atoms with van der Waals surface area (Å²) in [6.07, 6.45) is 7.95. The lowest BCUT2D eigenvalue weighted by atomic mass is 9.85. The van der Waals surface area contributed by atoms with E-state index in [2.05, 4.69) is 15.2 Å². The Morgan fingerprint density at radius 1 is 1.32 bits per heavy atom. The second-order valence-electron chi connectivity index (χ2n) is 5.58. The zero-order valence-corrected chi connectivity index (χ0v) is 11.4. The number of amides is 1. The Morgan fingerprint density at radius 2 is 2.16 bits per heavy atom. The van der Waals surface area contributed by atoms with Crippen molar-refractivity contribution in [1.82, 2.24) is 9.88 Å². The fourth-order valence-corrected chi connectivity index (χ4v) is 3.47. The molecule has 1 aromatic heterocycles. The quantitative estimate of drug-likeness (QED) is 0.887. The van der Waals surface area contributed by atoms with Crippen LogP contribution >= 0.6 is 0 Å². The van der Waals surface area contributed by atoms with Crippen LogP contribution in [0, 0.1) is 5.92 Å². The van der Waals surface area contributed by atoms with E-state index in [-0.39, 0.29) is 5.91 Å². The molecule has 1 amide bonds. The van der Waals surface area contributed by atoms with Gasteiger partial charge in [0.2, 0.25) is 0 Å². The van der Waals surface area contributed by atoms with Gasteiger partial charge in [0.15, 0.2) is 0 Å². The largest absolute Gasteiger partial charge is 0.387 e. The van der Waals surface area contributed by atoms with E-state index < -0.39 is 0 Å². The number of nitrogens with one attached hydrogen (secondary N) is 1. The lowest BCUT2D eigenvalue weighted by molar-refractivity contribution is 0.0684. The fraction of sp³-hybridized carbons (Fsp3) is 0.600. The lowest BCUT2D eigenvalue weighted by Gasteiger charge is -2.31. The number of carbonyl (C=O) groups is 1. The maximum Gasteiger partial charge on any atom is 0.272 e. The average molecular weight is 259 g/mol. The van der Waals surface area contributed by atoms with Gasteiger partial charge < -0.3 is 10.2 Å². The summed E-state index contributed by atoms with van der Waals surface area (Å²) in [5, 5.41) is 3.02. The topological polar surface area (TPSA) is 45.2 Å². The van der Waals surface area contributed by atoms with E-state index in [1.54, 1.807) is 6.20 Å². The monoisotopic (exact) mass is 259 g/mol. The van der Waals surface area contributed by atoms with E-state index in [1.807, 2.05) is 19.2 Å². The average Bonchev–Trinajstić information content (AvgIpc) is 2.90. The van der Waals surface area contributed by atoms with Crippen LogP contribution in [0.1, 0.15) is 42.6 Å². The minimum absolute atomic E-state index is 0.108. The van der Waals surface area contributed by atoms with E-state index in [1.165, 1.54) is 32.1 Å². The van der Waals surface area contributed by atoms with Crippen molar-refractivity contribution < 1.29 is 4.79 Å². The summed E-state index contributed by atoms with van der Waals surface area (Å²) in [5.41, 5.74) is 1.51. The van der Waals surface area contributed by atoms with Crippen LogP contribution in [0.5, 0.6) is 0 Å². The molecule has 2 unspecified atom stereocenters. The number of anilines is 1. The third kappa shape index (κ3) is 2.31. The zero-order valence-electron chi connectivity index (χ0n) is 11.4. The van der Waals surface area contributed by atoms with Crippen molar-refractivity contribution in [3.05, 3.63) is 24.0 Å². The molecule has 19 heavy (non-hydrogen) atoms. The molecule has 4 heteroatoms. The van der Waals surface area contributed by atoms with Crippen molar-refractivity contribution >= 4 is 11.6 Å². The van der Waals surface area contributed by atoms with Crippen LogP contribution in [-0.4, -0.2) is 35.4 Å². The van der Waals surface area contributed by atoms with Crippen molar-refractivity contribution in [3.63, 3.8) is 0 Å². The van der Waals surface area contributed by atoms with Gasteiger partial charge in [0.05, 0.1) is 11.9 Å². The van der Waals surface area contributed by atoms with Gasteiger partial charge >= 0.3 is 0 Å². The number of hydrogen-bond donors (Lipinski definition) is 1. The number of pyridine rings is 1. The summed E-state index contributed by atoms with van der Waals surface area (Å²) in [6, 6.07) is 4.20. The number of likely N-dealkylation sites (tertiary alicyclic amines) is 1. The van der Waals surface area contributed by atoms with Gasteiger partial charge in [-0.3, -0.25) is 4.79 Å². The molecule has 1 saturated carbocycles. The van der Waals surface area contributed by atoms with E-state index >= 15 is 0 Å². The number of rotatable bonds is 2. The summed E-state index contributed by atoms with van der Waals surface area (Å²) in [7, 11) is 1.85. The Balaban J connectivity index is 1.75. The van der Waals surface area contributed by atoms with E-state index in [0.717, 1.165) is 18.2 Å². The third-order valence-electron chi connectivity index (χ3n) is 4.54. The summed E-state index contributed by atoms with van der Waals surface area (Å²) in [5.74, 6) is 0.839. The van der Waals surface area contributed by atoms with E-state index in [9.17, 15) is 4.79 Å². The van der Waals surface area contributed by atoms with Gasteiger partial charge in [0.1, 0.15) is 5.69 Å². The van der Waals surface area contributed by atoms with Gasteiger partial charge in [-0.2, -0.15) is 0 Å². The van der Waals surface area contributed by atoms with Gasteiger partial charge in [-0.15, -0.1) is 0 Å². The Bertz CT molecular complexity index is 457. The maximum atomic E-state index is 12.5. The molecule has 0 spiro atoms. The number of aromatic nitrogens is 1. The highest BCUT2D eigenvalue weighted by atomic mass is 16.2. The predicted octanol–water partition coefficient (Wildman–Crippen LogP) is 2.53. The second-order valence-corrected chi connectivity index (χ2v) is 5.58. The van der Waals surface area contributed by atoms with Gasteiger partial charge in [0, 0.05) is 19.6 Å². The first-order valence-electron chi connectivity index (χ1n) is 7.24. The molecule has 1 saturated heterocycles. The number of fused-ring (bicyclic) bond motifs is 1. The van der Waals surface area contributed by atoms with Crippen molar-refractivity contribution in [3.8, 4) is 0 Å². The Morgan fingerprint density at radius 3 is 2.89 bits per heavy atom. The zero-order chi connectivity index (χ0) is 13.2. The van der Waals surface area contributed by atoms with E-state index in [4.69, 9.17) is 0 Å². The molecule has 3 rings (SSSR count). The summed E-state index contributed by atoms with van der Waals surface area (Å²) >= 11 is 0. The molecule has 0 bridgehead atoms. The molecule has 1 aliphatic carbocycles. The van der Waals surface area contributed by atoms with Crippen LogP contribution in [0.15, 0.2) is 18.3 Å². The molecule has 2 aliphatic rings. The molecule has 2 heterocycles. The molecule has 102 valence electrons. The van der Waals surface area contributed by atoms with Crippen molar-refractivity contribution in [2.45, 2.75) is 38.1 Å². The molecule has 1 aliphatic heterocycles. The standard InChI is InChI=1S/C15H21N3O/c1-16-12-6-7-13(17-10-12)15(19)18-9-8-11-4-2-3-5-14(11)18/h6-7,10-11,14,16H,2-5,8-9H2,1H3. The smallest absolute Gasteiger partial charge is 0.272 e. The molecular formula is C15H21N3O. The van der Waals surface area contributed by atoms with Gasteiger partial charge in [-0.05, 0) is 37.3 Å². The van der Waals surface area contributed by atoms with Crippen LogP contribution < -0.4 is 5.32 Å². The summed E-state index contributed by atoms with van der Waals surface area (Å²) < 4.78 is 0. The molecule has 0 radical (unpaired) electrons. The Kier molecular flexibility index (Phi) is 3.40. The SMILES string of the molecule is CNc1ccc(C(=O)N2CCC3CCCCC32)nc1. The van der Waals surface area contributed by atoms with Crippen LogP contribution in [0.25, 0.3) is 0 Å². The van der Waals surface area contributed by atoms with Gasteiger partial charge in [0.25, 0.3) is 5.91 Å². The molecule has 2 fully saturated rings. The Hall–Kier alpha value is -1.58. The van der Waals surface area contributed by atoms with Crippen LogP contribution in [0.4, 0.5) is 5.69 Å². The fourth-order valence-electron chi connectivity index (χ4n) is 3.47. The summed E-state index contributed by atoms with van der Waals surface area (Å²) in [4.78, 5) is 18.9. The van der Waals surface area contributed by atoms with Gasteiger partial charge in [-0.1, -0.05) is 12.8 Å². The second kappa shape index (κ2) is 5.19. The van der Waals surface area contributed by atoms with Crippen LogP contribution in [0.2, 0.25) is 0 Å². The molecule has 2 atom stereocenters. The predicted molar refractivity (Wildman–Crippen MR) is 75.2 cm³/mol. The lowest BCUT2D eigenvalue weighted by Crippen LogP contribution is -2.39. The highest BCUT2D eigenvalue weighted by Gasteiger charge is 2.38. The molecule has 4 nitrogen and oxygen atoms in total. The van der Waals surface area contributed by atoms with Crippen LogP contribution in [0.3, 0.4) is 0 Å². The first-order chi connectivity index (χ1) is 9.29. The first-order valence-corrected chi connectivity index (χ1v) is 7.24. The molecule has 0 aromatic carbocycles. The van der Waals surface area contributed by atoms with Crippen molar-refractivity contribution in [1.29, 1.82) is 0 Å². The molecular weight excluding hydrogens is 238 g/mol. The minimum Gasteiger partial charge on any atom is -0.387 e. The molecule has 1 aromatic rings. The summed E-state index contributed by atoms with van der Waals surface area (Å²) in [6.45, 7) is 0.906. The maximum absolute atomic E-state index is 12.5. The normalized spacial score (nSPS) is 26.1. The van der Waals surface area contributed by atoms with Crippen molar-refractivity contribution in [2.24, 2.45) is 5.92 Å². The molecule has 1 N–H and O–H groups in total. The number of nitrogens with zero attached hydrogens (tertiary/aromatic N) is 2. The highest BCUT2D eigenvalue weighted by Crippen LogP contribution is 2.36. The number of carbonyl (C=O) groups excluding carboxylic acids is 1. The first kappa shape index (κ1) is 12.5.